The summed E-state index contributed by atoms with van der Waals surface area (Å²) in [5.41, 5.74) is 2.87. The van der Waals surface area contributed by atoms with E-state index in [1.54, 1.807) is 12.1 Å². The molecule has 4 heteroatoms. The van der Waals surface area contributed by atoms with E-state index in [2.05, 4.69) is 11.4 Å². The summed E-state index contributed by atoms with van der Waals surface area (Å²) in [5, 5.41) is 13.2. The normalized spacial score (nSPS) is 11.5. The second-order valence-electron chi connectivity index (χ2n) is 4.70. The first kappa shape index (κ1) is 14.2. The van der Waals surface area contributed by atoms with Gasteiger partial charge in [0.15, 0.2) is 0 Å². The van der Waals surface area contributed by atoms with Crippen molar-refractivity contribution in [3.63, 3.8) is 0 Å². The van der Waals surface area contributed by atoms with Gasteiger partial charge in [-0.2, -0.15) is 5.26 Å². The molecule has 102 valence electrons. The minimum atomic E-state index is -0.398. The molecule has 0 spiro atoms. The van der Waals surface area contributed by atoms with E-state index in [1.807, 2.05) is 55.4 Å². The number of nitriles is 1. The number of nitrogens with one attached hydrogen (secondary N) is 1. The number of hydrogen-bond acceptors (Lipinski definition) is 3. The third kappa shape index (κ3) is 3.43. The highest BCUT2D eigenvalue weighted by molar-refractivity contribution is 6.30. The Hall–Kier alpha value is -2.18. The monoisotopic (exact) mass is 285 g/mol. The highest BCUT2D eigenvalue weighted by Gasteiger charge is 2.10. The molecule has 0 aliphatic rings. The first-order valence-corrected chi connectivity index (χ1v) is 6.67. The minimum absolute atomic E-state index is 0.398. The van der Waals surface area contributed by atoms with Crippen LogP contribution >= 0.6 is 11.6 Å². The maximum atomic E-state index is 9.33. The van der Waals surface area contributed by atoms with Gasteiger partial charge in [-0.1, -0.05) is 29.8 Å². The lowest BCUT2D eigenvalue weighted by Crippen LogP contribution is -2.10. The molecule has 2 aromatic rings. The van der Waals surface area contributed by atoms with Gasteiger partial charge in [0, 0.05) is 30.5 Å². The number of anilines is 2. The second-order valence-corrected chi connectivity index (χ2v) is 5.14. The number of halogens is 1. The summed E-state index contributed by atoms with van der Waals surface area (Å²) in [6.45, 7) is 0. The van der Waals surface area contributed by atoms with E-state index in [9.17, 15) is 5.26 Å². The highest BCUT2D eigenvalue weighted by atomic mass is 35.5. The third-order valence-corrected chi connectivity index (χ3v) is 3.24. The molecule has 1 N–H and O–H groups in total. The summed E-state index contributed by atoms with van der Waals surface area (Å²) < 4.78 is 0. The lowest BCUT2D eigenvalue weighted by atomic mass is 10.1. The van der Waals surface area contributed by atoms with Crippen LogP contribution < -0.4 is 10.2 Å². The Morgan fingerprint density at radius 2 is 1.85 bits per heavy atom. The second kappa shape index (κ2) is 6.31. The maximum absolute atomic E-state index is 9.33. The molecule has 0 heterocycles. The topological polar surface area (TPSA) is 39.1 Å². The standard InChI is InChI=1S/C16H16ClN3/c1-20(2)15-8-6-12(7-9-15)16(11-18)19-14-5-3-4-13(17)10-14/h3-10,16,19H,1-2H3. The van der Waals surface area contributed by atoms with Gasteiger partial charge in [0.25, 0.3) is 0 Å². The number of rotatable bonds is 4. The summed E-state index contributed by atoms with van der Waals surface area (Å²) in [6.07, 6.45) is 0. The molecule has 0 radical (unpaired) electrons. The SMILES string of the molecule is CN(C)c1ccc(C(C#N)Nc2cccc(Cl)c2)cc1. The molecule has 2 aromatic carbocycles. The van der Waals surface area contributed by atoms with Crippen LogP contribution in [0.25, 0.3) is 0 Å². The van der Waals surface area contributed by atoms with Crippen molar-refractivity contribution in [2.24, 2.45) is 0 Å². The molecule has 0 aliphatic heterocycles. The van der Waals surface area contributed by atoms with Gasteiger partial charge in [-0.3, -0.25) is 0 Å². The van der Waals surface area contributed by atoms with Crippen molar-refractivity contribution in [1.29, 1.82) is 5.26 Å². The Morgan fingerprint density at radius 1 is 1.15 bits per heavy atom. The van der Waals surface area contributed by atoms with Crippen LogP contribution in [-0.2, 0) is 0 Å². The van der Waals surface area contributed by atoms with E-state index in [4.69, 9.17) is 11.6 Å². The molecular formula is C16H16ClN3. The lowest BCUT2D eigenvalue weighted by Gasteiger charge is -2.16. The fraction of sp³-hybridized carbons (Fsp3) is 0.188. The molecule has 0 saturated heterocycles. The van der Waals surface area contributed by atoms with E-state index in [0.29, 0.717) is 5.02 Å². The smallest absolute Gasteiger partial charge is 0.140 e. The highest BCUT2D eigenvalue weighted by Crippen LogP contribution is 2.23. The first-order chi connectivity index (χ1) is 9.60. The van der Waals surface area contributed by atoms with Gasteiger partial charge in [-0.05, 0) is 35.9 Å². The molecule has 0 saturated carbocycles. The number of nitrogens with zero attached hydrogens (tertiary/aromatic N) is 2. The summed E-state index contributed by atoms with van der Waals surface area (Å²) in [4.78, 5) is 2.02. The summed E-state index contributed by atoms with van der Waals surface area (Å²) in [7, 11) is 3.97. The summed E-state index contributed by atoms with van der Waals surface area (Å²) >= 11 is 5.94. The van der Waals surface area contributed by atoms with Crippen LogP contribution in [0.5, 0.6) is 0 Å². The van der Waals surface area contributed by atoms with Crippen LogP contribution in [0.15, 0.2) is 48.5 Å². The zero-order valence-corrected chi connectivity index (χ0v) is 12.2. The van der Waals surface area contributed by atoms with Gasteiger partial charge in [0.05, 0.1) is 6.07 Å². The molecule has 0 bridgehead atoms. The van der Waals surface area contributed by atoms with Crippen molar-refractivity contribution in [3.05, 3.63) is 59.1 Å². The van der Waals surface area contributed by atoms with Crippen LogP contribution in [0.4, 0.5) is 11.4 Å². The van der Waals surface area contributed by atoms with Crippen molar-refractivity contribution in [3.8, 4) is 6.07 Å². The van der Waals surface area contributed by atoms with Crippen LogP contribution in [-0.4, -0.2) is 14.1 Å². The predicted octanol–water partition coefficient (Wildman–Crippen LogP) is 4.08. The molecule has 0 amide bonds. The van der Waals surface area contributed by atoms with E-state index in [0.717, 1.165) is 16.9 Å². The average Bonchev–Trinajstić information content (AvgIpc) is 2.45. The predicted molar refractivity (Wildman–Crippen MR) is 84.2 cm³/mol. The summed E-state index contributed by atoms with van der Waals surface area (Å²) in [5.74, 6) is 0. The van der Waals surface area contributed by atoms with E-state index >= 15 is 0 Å². The zero-order chi connectivity index (χ0) is 14.5. The first-order valence-electron chi connectivity index (χ1n) is 6.29. The minimum Gasteiger partial charge on any atom is -0.378 e. The summed E-state index contributed by atoms with van der Waals surface area (Å²) in [6, 6.07) is 17.1. The Kier molecular flexibility index (Phi) is 4.49. The van der Waals surface area contributed by atoms with Crippen molar-refractivity contribution in [2.45, 2.75) is 6.04 Å². The van der Waals surface area contributed by atoms with E-state index < -0.39 is 6.04 Å². The van der Waals surface area contributed by atoms with Gasteiger partial charge in [0.2, 0.25) is 0 Å². The fourth-order valence-corrected chi connectivity index (χ4v) is 2.09. The number of benzene rings is 2. The molecule has 2 rings (SSSR count). The van der Waals surface area contributed by atoms with E-state index in [-0.39, 0.29) is 0 Å². The molecular weight excluding hydrogens is 270 g/mol. The maximum Gasteiger partial charge on any atom is 0.140 e. The third-order valence-electron chi connectivity index (χ3n) is 3.01. The van der Waals surface area contributed by atoms with Crippen molar-refractivity contribution in [2.75, 3.05) is 24.3 Å². The van der Waals surface area contributed by atoms with Crippen LogP contribution in [0, 0.1) is 11.3 Å². The van der Waals surface area contributed by atoms with Gasteiger partial charge < -0.3 is 10.2 Å². The molecule has 0 aromatic heterocycles. The number of hydrogen-bond donors (Lipinski definition) is 1. The quantitative estimate of drug-likeness (QED) is 0.920. The molecule has 1 unspecified atom stereocenters. The van der Waals surface area contributed by atoms with Gasteiger partial charge in [-0.15, -0.1) is 0 Å². The molecule has 20 heavy (non-hydrogen) atoms. The molecule has 0 aliphatic carbocycles. The van der Waals surface area contributed by atoms with Crippen LogP contribution in [0.3, 0.4) is 0 Å². The van der Waals surface area contributed by atoms with Crippen molar-refractivity contribution in [1.82, 2.24) is 0 Å². The Bertz CT molecular complexity index is 614. The molecule has 3 nitrogen and oxygen atoms in total. The van der Waals surface area contributed by atoms with Crippen LogP contribution in [0.1, 0.15) is 11.6 Å². The largest absolute Gasteiger partial charge is 0.378 e. The fourth-order valence-electron chi connectivity index (χ4n) is 1.90. The van der Waals surface area contributed by atoms with Gasteiger partial charge >= 0.3 is 0 Å². The Balaban J connectivity index is 2.18. The van der Waals surface area contributed by atoms with Crippen molar-refractivity contribution < 1.29 is 0 Å². The Labute approximate surface area is 124 Å². The molecule has 1 atom stereocenters. The Morgan fingerprint density at radius 3 is 2.40 bits per heavy atom. The van der Waals surface area contributed by atoms with Crippen molar-refractivity contribution >= 4 is 23.0 Å². The average molecular weight is 286 g/mol. The van der Waals surface area contributed by atoms with Gasteiger partial charge in [-0.25, -0.2) is 0 Å². The van der Waals surface area contributed by atoms with Gasteiger partial charge in [0.1, 0.15) is 6.04 Å². The zero-order valence-electron chi connectivity index (χ0n) is 11.5. The van der Waals surface area contributed by atoms with Crippen LogP contribution in [0.2, 0.25) is 5.02 Å². The van der Waals surface area contributed by atoms with E-state index in [1.165, 1.54) is 0 Å². The molecule has 0 fully saturated rings. The lowest BCUT2D eigenvalue weighted by molar-refractivity contribution is 0.995.